The van der Waals surface area contributed by atoms with Crippen LogP contribution in [0.15, 0.2) is 54.6 Å². The number of unbranched alkanes of at least 4 members (excludes halogenated alkanes) is 1. The number of carbonyl (C=O) groups excluding carboxylic acids is 1. The second-order valence-electron chi connectivity index (χ2n) is 9.02. The molecule has 2 aromatic rings. The molecular formula is C27H35N3O5. The van der Waals surface area contributed by atoms with Crippen molar-refractivity contribution in [2.45, 2.75) is 56.7 Å². The molecule has 0 radical (unpaired) electrons. The number of rotatable bonds is 14. The minimum absolute atomic E-state index is 0.280. The Morgan fingerprint density at radius 2 is 1.66 bits per heavy atom. The van der Waals surface area contributed by atoms with Crippen molar-refractivity contribution in [2.75, 3.05) is 13.1 Å². The summed E-state index contributed by atoms with van der Waals surface area (Å²) in [5.74, 6) is -4.12. The molecule has 6 N–H and O–H groups in total. The summed E-state index contributed by atoms with van der Waals surface area (Å²) in [4.78, 5) is 38.2. The highest BCUT2D eigenvalue weighted by molar-refractivity contribution is 6.02. The average Bonchev–Trinajstić information content (AvgIpc) is 2.86. The Morgan fingerprint density at radius 3 is 2.34 bits per heavy atom. The van der Waals surface area contributed by atoms with Crippen LogP contribution in [0.25, 0.3) is 0 Å². The number of carboxylic acids is 2. The van der Waals surface area contributed by atoms with Crippen LogP contribution in [0.4, 0.5) is 0 Å². The van der Waals surface area contributed by atoms with Gasteiger partial charge < -0.3 is 21.3 Å². The Bertz CT molecular complexity index is 997. The summed E-state index contributed by atoms with van der Waals surface area (Å²) in [5, 5.41) is 26.2. The molecule has 0 fully saturated rings. The smallest absolute Gasteiger partial charge is 0.320 e. The van der Waals surface area contributed by atoms with Crippen molar-refractivity contribution in [2.24, 2.45) is 11.7 Å². The Kier molecular flexibility index (Phi) is 9.96. The molecule has 3 rings (SSSR count). The molecule has 8 heteroatoms. The zero-order valence-electron chi connectivity index (χ0n) is 19.9. The first-order valence-corrected chi connectivity index (χ1v) is 12.2. The lowest BCUT2D eigenvalue weighted by Crippen LogP contribution is -2.52. The lowest BCUT2D eigenvalue weighted by molar-refractivity contribution is -0.148. The molecule has 1 aliphatic heterocycles. The number of benzene rings is 2. The second kappa shape index (κ2) is 13.1. The van der Waals surface area contributed by atoms with Gasteiger partial charge in [-0.05, 0) is 61.9 Å². The van der Waals surface area contributed by atoms with Crippen molar-refractivity contribution in [3.8, 4) is 0 Å². The summed E-state index contributed by atoms with van der Waals surface area (Å²) in [6, 6.07) is 14.5. The first-order valence-electron chi connectivity index (χ1n) is 12.2. The number of ketones is 1. The van der Waals surface area contributed by atoms with Crippen LogP contribution in [-0.2, 0) is 27.2 Å². The molecule has 0 aliphatic carbocycles. The van der Waals surface area contributed by atoms with E-state index in [4.69, 9.17) is 5.73 Å². The van der Waals surface area contributed by atoms with Gasteiger partial charge in [-0.3, -0.25) is 19.7 Å². The molecule has 1 aliphatic rings. The second-order valence-corrected chi connectivity index (χ2v) is 9.02. The van der Waals surface area contributed by atoms with Gasteiger partial charge in [0, 0.05) is 0 Å². The molecule has 1 heterocycles. The quantitative estimate of drug-likeness (QED) is 0.204. The lowest BCUT2D eigenvalue weighted by atomic mass is 9.81. The minimum atomic E-state index is -1.34. The van der Waals surface area contributed by atoms with Gasteiger partial charge in [-0.2, -0.15) is 0 Å². The fourth-order valence-electron chi connectivity index (χ4n) is 4.76. The van der Waals surface area contributed by atoms with Gasteiger partial charge in [0.05, 0.1) is 12.1 Å². The standard InChI is InChI=1S/C27H35N3O5/c28-16-7-6-12-21(30-22(26(32)33)14-13-18-8-2-1-3-9-18)25(31)23(27(34)35)24-20-11-5-4-10-19(20)15-17-29-24/h1-5,8-11,21-24,29-30H,6-7,12-17,28H2,(H,32,33)(H,34,35)/t21-,22-,23-,24?/m0/s1. The third-order valence-electron chi connectivity index (χ3n) is 6.61. The van der Waals surface area contributed by atoms with E-state index in [9.17, 15) is 24.6 Å². The topological polar surface area (TPSA) is 142 Å². The molecule has 0 amide bonds. The van der Waals surface area contributed by atoms with Gasteiger partial charge in [0.25, 0.3) is 0 Å². The monoisotopic (exact) mass is 481 g/mol. The number of carbonyl (C=O) groups is 3. The highest BCUT2D eigenvalue weighted by Crippen LogP contribution is 2.31. The first kappa shape index (κ1) is 26.5. The van der Waals surface area contributed by atoms with Crippen molar-refractivity contribution in [3.05, 3.63) is 71.3 Å². The van der Waals surface area contributed by atoms with Gasteiger partial charge in [-0.25, -0.2) is 0 Å². The van der Waals surface area contributed by atoms with E-state index >= 15 is 0 Å². The van der Waals surface area contributed by atoms with Crippen LogP contribution >= 0.6 is 0 Å². The van der Waals surface area contributed by atoms with Crippen molar-refractivity contribution in [1.82, 2.24) is 10.6 Å². The third-order valence-corrected chi connectivity index (χ3v) is 6.61. The molecule has 0 spiro atoms. The Morgan fingerprint density at radius 1 is 0.943 bits per heavy atom. The maximum Gasteiger partial charge on any atom is 0.320 e. The van der Waals surface area contributed by atoms with Crippen LogP contribution in [0.1, 0.15) is 48.4 Å². The van der Waals surface area contributed by atoms with Gasteiger partial charge in [-0.15, -0.1) is 0 Å². The van der Waals surface area contributed by atoms with E-state index in [-0.39, 0.29) is 6.42 Å². The maximum absolute atomic E-state index is 13.7. The summed E-state index contributed by atoms with van der Waals surface area (Å²) < 4.78 is 0. The van der Waals surface area contributed by atoms with E-state index in [1.165, 1.54) is 0 Å². The number of aliphatic carboxylic acids is 2. The molecular weight excluding hydrogens is 446 g/mol. The first-order chi connectivity index (χ1) is 16.9. The molecule has 4 atom stereocenters. The molecule has 35 heavy (non-hydrogen) atoms. The maximum atomic E-state index is 13.7. The van der Waals surface area contributed by atoms with Crippen molar-refractivity contribution in [3.63, 3.8) is 0 Å². The van der Waals surface area contributed by atoms with Crippen molar-refractivity contribution < 1.29 is 24.6 Å². The Labute approximate surface area is 205 Å². The molecule has 1 unspecified atom stereocenters. The summed E-state index contributed by atoms with van der Waals surface area (Å²) in [5.41, 5.74) is 8.45. The summed E-state index contributed by atoms with van der Waals surface area (Å²) >= 11 is 0. The normalized spacial score (nSPS) is 17.7. The van der Waals surface area contributed by atoms with E-state index < -0.39 is 41.8 Å². The fraction of sp³-hybridized carbons (Fsp3) is 0.444. The molecule has 2 aromatic carbocycles. The van der Waals surface area contributed by atoms with Crippen LogP contribution in [-0.4, -0.2) is 53.1 Å². The number of nitrogens with one attached hydrogen (secondary N) is 2. The average molecular weight is 482 g/mol. The van der Waals surface area contributed by atoms with Crippen LogP contribution in [0.2, 0.25) is 0 Å². The van der Waals surface area contributed by atoms with E-state index in [1.807, 2.05) is 54.6 Å². The Balaban J connectivity index is 1.82. The molecule has 8 nitrogen and oxygen atoms in total. The zero-order chi connectivity index (χ0) is 25.2. The third kappa shape index (κ3) is 7.21. The highest BCUT2D eigenvalue weighted by atomic mass is 16.4. The molecule has 0 saturated heterocycles. The lowest BCUT2D eigenvalue weighted by Gasteiger charge is -2.33. The molecule has 0 saturated carbocycles. The molecule has 0 aromatic heterocycles. The van der Waals surface area contributed by atoms with E-state index in [0.717, 1.165) is 23.1 Å². The SMILES string of the molecule is NCCCC[C@H](N[C@@H](CCc1ccccc1)C(=O)O)C(=O)[C@@H](C(=O)O)C1NCCc2ccccc21. The van der Waals surface area contributed by atoms with Gasteiger partial charge in [0.15, 0.2) is 5.78 Å². The minimum Gasteiger partial charge on any atom is -0.481 e. The van der Waals surface area contributed by atoms with Crippen LogP contribution in [0.3, 0.4) is 0 Å². The molecule has 0 bridgehead atoms. The Hall–Kier alpha value is -3.07. The number of aryl methyl sites for hydroxylation is 1. The van der Waals surface area contributed by atoms with E-state index in [2.05, 4.69) is 10.6 Å². The fourth-order valence-corrected chi connectivity index (χ4v) is 4.76. The van der Waals surface area contributed by atoms with Crippen LogP contribution in [0, 0.1) is 5.92 Å². The van der Waals surface area contributed by atoms with Gasteiger partial charge in [0.2, 0.25) is 0 Å². The number of fused-ring (bicyclic) bond motifs is 1. The largest absolute Gasteiger partial charge is 0.481 e. The van der Waals surface area contributed by atoms with Gasteiger partial charge >= 0.3 is 11.9 Å². The van der Waals surface area contributed by atoms with Gasteiger partial charge in [-0.1, -0.05) is 61.0 Å². The molecule has 188 valence electrons. The van der Waals surface area contributed by atoms with Crippen molar-refractivity contribution in [1.29, 1.82) is 0 Å². The number of Topliss-reactive ketones (excluding diaryl/α,β-unsaturated/α-hetero) is 1. The predicted octanol–water partition coefficient (Wildman–Crippen LogP) is 2.32. The highest BCUT2D eigenvalue weighted by Gasteiger charge is 2.41. The van der Waals surface area contributed by atoms with Crippen molar-refractivity contribution >= 4 is 17.7 Å². The zero-order valence-corrected chi connectivity index (χ0v) is 19.9. The number of hydrogen-bond acceptors (Lipinski definition) is 6. The van der Waals surface area contributed by atoms with E-state index in [1.54, 1.807) is 0 Å². The number of nitrogens with two attached hydrogens (primary N) is 1. The van der Waals surface area contributed by atoms with Crippen LogP contribution in [0.5, 0.6) is 0 Å². The summed E-state index contributed by atoms with van der Waals surface area (Å²) in [6.07, 6.45) is 3.13. The van der Waals surface area contributed by atoms with Gasteiger partial charge in [0.1, 0.15) is 12.0 Å². The van der Waals surface area contributed by atoms with Crippen LogP contribution < -0.4 is 16.4 Å². The predicted molar refractivity (Wildman–Crippen MR) is 133 cm³/mol. The number of carboxylic acid groups (broad SMARTS) is 2. The summed E-state index contributed by atoms with van der Waals surface area (Å²) in [7, 11) is 0. The summed E-state index contributed by atoms with van der Waals surface area (Å²) in [6.45, 7) is 1.01. The van der Waals surface area contributed by atoms with E-state index in [0.29, 0.717) is 38.8 Å². The number of hydrogen-bond donors (Lipinski definition) is 5.